The summed E-state index contributed by atoms with van der Waals surface area (Å²) in [5.74, 6) is -0.920. The van der Waals surface area contributed by atoms with Crippen molar-refractivity contribution in [1.29, 1.82) is 0 Å². The Morgan fingerprint density at radius 1 is 0.958 bits per heavy atom. The molecule has 0 spiro atoms. The topological polar surface area (TPSA) is 76.3 Å². The lowest BCUT2D eigenvalue weighted by Crippen LogP contribution is -2.19. The number of aromatic nitrogens is 2. The Bertz CT molecular complexity index is 952. The van der Waals surface area contributed by atoms with Gasteiger partial charge in [0.15, 0.2) is 0 Å². The molecule has 0 bridgehead atoms. The Hall–Kier alpha value is -2.86. The first-order valence-corrected chi connectivity index (χ1v) is 7.64. The summed E-state index contributed by atoms with van der Waals surface area (Å²) in [4.78, 5) is 22.8. The Kier molecular flexibility index (Phi) is 4.22. The van der Waals surface area contributed by atoms with Crippen LogP contribution in [0.15, 0.2) is 47.3 Å². The average molecular weight is 325 g/mol. The summed E-state index contributed by atoms with van der Waals surface area (Å²) in [5, 5.41) is 12.2. The zero-order valence-electron chi connectivity index (χ0n) is 13.6. The van der Waals surface area contributed by atoms with Crippen molar-refractivity contribution in [2.75, 3.05) is 0 Å². The first-order valence-electron chi connectivity index (χ1n) is 7.64. The highest BCUT2D eigenvalue weighted by Gasteiger charge is 2.08. The number of hydrogen-bond donors (Lipinski definition) is 2. The molecule has 0 aliphatic rings. The number of rotatable bonds is 5. The highest BCUT2D eigenvalue weighted by molar-refractivity contribution is 5.87. The minimum absolute atomic E-state index is 0.0337. The predicted octanol–water partition coefficient (Wildman–Crippen LogP) is 1.86. The molecule has 2 aromatic carbocycles. The van der Waals surface area contributed by atoms with Crippen molar-refractivity contribution in [2.24, 2.45) is 14.1 Å². The van der Waals surface area contributed by atoms with Crippen LogP contribution in [0.4, 0.5) is 0 Å². The van der Waals surface area contributed by atoms with E-state index in [1.807, 2.05) is 18.2 Å². The van der Waals surface area contributed by atoms with E-state index in [1.165, 1.54) is 0 Å². The molecule has 124 valence electrons. The van der Waals surface area contributed by atoms with Gasteiger partial charge in [-0.2, -0.15) is 0 Å². The predicted molar refractivity (Wildman–Crippen MR) is 92.1 cm³/mol. The van der Waals surface area contributed by atoms with Gasteiger partial charge < -0.3 is 10.4 Å². The van der Waals surface area contributed by atoms with E-state index in [0.29, 0.717) is 13.1 Å². The number of carboxylic acids is 1. The van der Waals surface area contributed by atoms with E-state index in [2.05, 4.69) is 5.32 Å². The van der Waals surface area contributed by atoms with Crippen LogP contribution in [-0.2, 0) is 27.2 Å². The van der Waals surface area contributed by atoms with Gasteiger partial charge >= 0.3 is 11.7 Å². The number of aromatic carboxylic acids is 1. The summed E-state index contributed by atoms with van der Waals surface area (Å²) in [6.45, 7) is 1.31. The van der Waals surface area contributed by atoms with Crippen molar-refractivity contribution in [2.45, 2.75) is 13.1 Å². The number of carboxylic acid groups (broad SMARTS) is 1. The molecule has 0 radical (unpaired) electrons. The summed E-state index contributed by atoms with van der Waals surface area (Å²) in [6.07, 6.45) is 0. The van der Waals surface area contributed by atoms with Gasteiger partial charge in [0.25, 0.3) is 0 Å². The van der Waals surface area contributed by atoms with Gasteiger partial charge in [0.05, 0.1) is 16.6 Å². The third kappa shape index (κ3) is 2.96. The van der Waals surface area contributed by atoms with E-state index >= 15 is 0 Å². The molecule has 0 saturated heterocycles. The molecule has 0 unspecified atom stereocenters. The molecule has 1 heterocycles. The first kappa shape index (κ1) is 16.0. The number of aryl methyl sites for hydroxylation is 2. The molecule has 6 heteroatoms. The summed E-state index contributed by atoms with van der Waals surface area (Å²) >= 11 is 0. The summed E-state index contributed by atoms with van der Waals surface area (Å²) in [6, 6.07) is 12.8. The smallest absolute Gasteiger partial charge is 0.335 e. The SMILES string of the molecule is Cn1c(=O)n(C)c2cc(CNCc3ccc(C(=O)O)cc3)ccc21. The van der Waals surface area contributed by atoms with E-state index in [0.717, 1.165) is 22.2 Å². The summed E-state index contributed by atoms with van der Waals surface area (Å²) in [7, 11) is 3.54. The molecule has 3 aromatic rings. The first-order chi connectivity index (χ1) is 11.5. The Morgan fingerprint density at radius 2 is 1.54 bits per heavy atom. The van der Waals surface area contributed by atoms with Crippen LogP contribution in [0.2, 0.25) is 0 Å². The van der Waals surface area contributed by atoms with E-state index in [1.54, 1.807) is 47.5 Å². The second-order valence-corrected chi connectivity index (χ2v) is 5.83. The van der Waals surface area contributed by atoms with Crippen molar-refractivity contribution < 1.29 is 9.90 Å². The molecule has 0 aliphatic heterocycles. The van der Waals surface area contributed by atoms with Crippen LogP contribution in [0.25, 0.3) is 11.0 Å². The molecule has 0 aliphatic carbocycles. The molecule has 0 saturated carbocycles. The molecule has 3 rings (SSSR count). The summed E-state index contributed by atoms with van der Waals surface area (Å²) in [5.41, 5.74) is 4.19. The monoisotopic (exact) mass is 325 g/mol. The minimum Gasteiger partial charge on any atom is -0.478 e. The Balaban J connectivity index is 1.68. The van der Waals surface area contributed by atoms with Crippen LogP contribution < -0.4 is 11.0 Å². The van der Waals surface area contributed by atoms with Crippen molar-refractivity contribution >= 4 is 17.0 Å². The van der Waals surface area contributed by atoms with Gasteiger partial charge in [-0.05, 0) is 35.4 Å². The third-order valence-corrected chi connectivity index (χ3v) is 4.20. The maximum Gasteiger partial charge on any atom is 0.335 e. The molecule has 6 nitrogen and oxygen atoms in total. The number of fused-ring (bicyclic) bond motifs is 1. The number of nitrogens with one attached hydrogen (secondary N) is 1. The van der Waals surface area contributed by atoms with Gasteiger partial charge in [-0.3, -0.25) is 9.13 Å². The molecule has 0 fully saturated rings. The lowest BCUT2D eigenvalue weighted by molar-refractivity contribution is 0.0697. The van der Waals surface area contributed by atoms with Crippen molar-refractivity contribution in [3.63, 3.8) is 0 Å². The fourth-order valence-electron chi connectivity index (χ4n) is 2.78. The van der Waals surface area contributed by atoms with Crippen LogP contribution in [-0.4, -0.2) is 20.2 Å². The molecule has 0 atom stereocenters. The van der Waals surface area contributed by atoms with E-state index in [9.17, 15) is 9.59 Å². The van der Waals surface area contributed by atoms with Gasteiger partial charge in [-0.15, -0.1) is 0 Å². The van der Waals surface area contributed by atoms with Gasteiger partial charge in [-0.25, -0.2) is 9.59 Å². The molecule has 0 amide bonds. The average Bonchev–Trinajstić information content (AvgIpc) is 2.80. The highest BCUT2D eigenvalue weighted by atomic mass is 16.4. The zero-order valence-corrected chi connectivity index (χ0v) is 13.6. The number of imidazole rings is 1. The number of carbonyl (C=O) groups is 1. The molecule has 1 aromatic heterocycles. The highest BCUT2D eigenvalue weighted by Crippen LogP contribution is 2.14. The largest absolute Gasteiger partial charge is 0.478 e. The Labute approximate surface area is 139 Å². The quantitative estimate of drug-likeness (QED) is 0.751. The van der Waals surface area contributed by atoms with E-state index in [-0.39, 0.29) is 11.3 Å². The lowest BCUT2D eigenvalue weighted by Gasteiger charge is -2.06. The Morgan fingerprint density at radius 3 is 2.21 bits per heavy atom. The molecule has 2 N–H and O–H groups in total. The molecule has 24 heavy (non-hydrogen) atoms. The van der Waals surface area contributed by atoms with Crippen LogP contribution in [0.1, 0.15) is 21.5 Å². The van der Waals surface area contributed by atoms with Gasteiger partial charge in [0.2, 0.25) is 0 Å². The maximum absolute atomic E-state index is 11.9. The zero-order chi connectivity index (χ0) is 17.3. The van der Waals surface area contributed by atoms with Gasteiger partial charge in [0.1, 0.15) is 0 Å². The number of benzene rings is 2. The van der Waals surface area contributed by atoms with Gasteiger partial charge in [-0.1, -0.05) is 18.2 Å². The minimum atomic E-state index is -0.920. The third-order valence-electron chi connectivity index (χ3n) is 4.20. The van der Waals surface area contributed by atoms with E-state index in [4.69, 9.17) is 5.11 Å². The lowest BCUT2D eigenvalue weighted by atomic mass is 10.1. The van der Waals surface area contributed by atoms with Crippen molar-refractivity contribution in [1.82, 2.24) is 14.5 Å². The van der Waals surface area contributed by atoms with E-state index < -0.39 is 5.97 Å². The molecular formula is C18H19N3O3. The molecular weight excluding hydrogens is 306 g/mol. The van der Waals surface area contributed by atoms with Crippen LogP contribution >= 0.6 is 0 Å². The van der Waals surface area contributed by atoms with Crippen LogP contribution in [0.3, 0.4) is 0 Å². The number of hydrogen-bond acceptors (Lipinski definition) is 3. The van der Waals surface area contributed by atoms with Crippen LogP contribution in [0.5, 0.6) is 0 Å². The summed E-state index contributed by atoms with van der Waals surface area (Å²) < 4.78 is 3.28. The maximum atomic E-state index is 11.9. The fourth-order valence-corrected chi connectivity index (χ4v) is 2.78. The van der Waals surface area contributed by atoms with Gasteiger partial charge in [0, 0.05) is 27.2 Å². The fraction of sp³-hybridized carbons (Fsp3) is 0.222. The second kappa shape index (κ2) is 6.33. The second-order valence-electron chi connectivity index (χ2n) is 5.83. The van der Waals surface area contributed by atoms with Crippen molar-refractivity contribution in [3.8, 4) is 0 Å². The number of nitrogens with zero attached hydrogens (tertiary/aromatic N) is 2. The van der Waals surface area contributed by atoms with Crippen molar-refractivity contribution in [3.05, 3.63) is 69.6 Å². The standard InChI is InChI=1S/C18H19N3O3/c1-20-15-8-5-13(9-16(15)21(2)18(20)24)11-19-10-12-3-6-14(7-4-12)17(22)23/h3-9,19H,10-11H2,1-2H3,(H,22,23). The van der Waals surface area contributed by atoms with Crippen LogP contribution in [0, 0.1) is 0 Å². The normalized spacial score (nSPS) is 11.1.